The molecule has 4 heteroatoms. The van der Waals surface area contributed by atoms with Crippen molar-refractivity contribution < 1.29 is 4.74 Å². The Morgan fingerprint density at radius 1 is 1.20 bits per heavy atom. The first kappa shape index (κ1) is 14.1. The zero-order valence-corrected chi connectivity index (χ0v) is 12.4. The topological polar surface area (TPSA) is 39.1 Å². The molecule has 0 bridgehead atoms. The van der Waals surface area contributed by atoms with Crippen molar-refractivity contribution >= 4 is 0 Å². The molecule has 1 aliphatic carbocycles. The predicted octanol–water partition coefficient (Wildman–Crippen LogP) is 2.90. The average molecular weight is 277 g/mol. The van der Waals surface area contributed by atoms with Gasteiger partial charge in [0.2, 0.25) is 0 Å². The molecule has 2 fully saturated rings. The van der Waals surface area contributed by atoms with E-state index in [4.69, 9.17) is 9.84 Å². The number of ether oxygens (including phenoxy) is 1. The van der Waals surface area contributed by atoms with Gasteiger partial charge in [0.25, 0.3) is 0 Å². The van der Waals surface area contributed by atoms with E-state index in [2.05, 4.69) is 22.3 Å². The van der Waals surface area contributed by atoms with Crippen LogP contribution in [-0.4, -0.2) is 29.5 Å². The van der Waals surface area contributed by atoms with Crippen LogP contribution in [0.2, 0.25) is 0 Å². The predicted molar refractivity (Wildman–Crippen MR) is 79.6 cm³/mol. The lowest BCUT2D eigenvalue weighted by molar-refractivity contribution is 0.0758. The second kappa shape index (κ2) is 7.23. The maximum absolute atomic E-state index is 5.84. The molecule has 1 aromatic heterocycles. The number of nitrogens with zero attached hydrogens (tertiary/aromatic N) is 2. The van der Waals surface area contributed by atoms with Crippen molar-refractivity contribution in [2.75, 3.05) is 19.7 Å². The van der Waals surface area contributed by atoms with Crippen LogP contribution in [-0.2, 0) is 11.3 Å². The minimum absolute atomic E-state index is 0.625. The first-order valence-electron chi connectivity index (χ1n) is 8.24. The summed E-state index contributed by atoms with van der Waals surface area (Å²) in [5, 5.41) is 8.12. The van der Waals surface area contributed by atoms with Crippen LogP contribution in [0.5, 0.6) is 0 Å². The van der Waals surface area contributed by atoms with Crippen LogP contribution < -0.4 is 5.32 Å². The fourth-order valence-electron chi connectivity index (χ4n) is 3.40. The highest BCUT2D eigenvalue weighted by Crippen LogP contribution is 2.27. The van der Waals surface area contributed by atoms with E-state index in [0.29, 0.717) is 18.6 Å². The Kier molecular flexibility index (Phi) is 5.09. The Balaban J connectivity index is 1.42. The van der Waals surface area contributed by atoms with Crippen LogP contribution >= 0.6 is 0 Å². The fraction of sp³-hybridized carbons (Fsp3) is 0.812. The molecule has 0 spiro atoms. The third-order valence-corrected chi connectivity index (χ3v) is 4.61. The van der Waals surface area contributed by atoms with E-state index in [1.54, 1.807) is 0 Å². The molecule has 1 saturated heterocycles. The molecule has 0 radical (unpaired) electrons. The average Bonchev–Trinajstić information content (AvgIpc) is 2.98. The van der Waals surface area contributed by atoms with Crippen LogP contribution in [0.4, 0.5) is 0 Å². The highest BCUT2D eigenvalue weighted by Gasteiger charge is 2.16. The monoisotopic (exact) mass is 277 g/mol. The number of hydrogen-bond donors (Lipinski definition) is 1. The van der Waals surface area contributed by atoms with Gasteiger partial charge in [0, 0.05) is 12.7 Å². The molecule has 20 heavy (non-hydrogen) atoms. The van der Waals surface area contributed by atoms with Gasteiger partial charge in [-0.15, -0.1) is 0 Å². The molecule has 1 unspecified atom stereocenters. The fourth-order valence-corrected chi connectivity index (χ4v) is 3.40. The largest absolute Gasteiger partial charge is 0.375 e. The quantitative estimate of drug-likeness (QED) is 0.899. The van der Waals surface area contributed by atoms with Crippen molar-refractivity contribution in [3.05, 3.63) is 18.0 Å². The Labute approximate surface area is 121 Å². The smallest absolute Gasteiger partial charge is 0.0906 e. The van der Waals surface area contributed by atoms with Gasteiger partial charge < -0.3 is 10.1 Å². The maximum Gasteiger partial charge on any atom is 0.0906 e. The molecule has 3 rings (SSSR count). The number of rotatable bonds is 5. The van der Waals surface area contributed by atoms with E-state index in [1.807, 2.05) is 0 Å². The number of piperidine rings is 1. The van der Waals surface area contributed by atoms with Gasteiger partial charge in [-0.1, -0.05) is 19.3 Å². The van der Waals surface area contributed by atoms with Crippen LogP contribution in [0.25, 0.3) is 0 Å². The Hall–Kier alpha value is -0.870. The zero-order chi connectivity index (χ0) is 13.6. The standard InChI is InChI=1S/C16H27N3O/c1-2-6-16(7-3-1)19-10-8-15(18-19)13-20-12-14-5-4-9-17-11-14/h8,10,14,16-17H,1-7,9,11-13H2. The van der Waals surface area contributed by atoms with Gasteiger partial charge in [-0.25, -0.2) is 0 Å². The molecule has 112 valence electrons. The Morgan fingerprint density at radius 2 is 2.10 bits per heavy atom. The number of nitrogens with one attached hydrogen (secondary N) is 1. The second-order valence-electron chi connectivity index (χ2n) is 6.31. The van der Waals surface area contributed by atoms with Crippen molar-refractivity contribution in [2.24, 2.45) is 5.92 Å². The summed E-state index contributed by atoms with van der Waals surface area (Å²) < 4.78 is 8.01. The van der Waals surface area contributed by atoms with Crippen molar-refractivity contribution in [2.45, 2.75) is 57.6 Å². The molecular weight excluding hydrogens is 250 g/mol. The van der Waals surface area contributed by atoms with Crippen LogP contribution in [0.15, 0.2) is 12.3 Å². The summed E-state index contributed by atoms with van der Waals surface area (Å²) in [5.41, 5.74) is 1.08. The van der Waals surface area contributed by atoms with E-state index < -0.39 is 0 Å². The van der Waals surface area contributed by atoms with Crippen molar-refractivity contribution in [1.29, 1.82) is 0 Å². The van der Waals surface area contributed by atoms with Crippen LogP contribution in [0, 0.1) is 5.92 Å². The SMILES string of the molecule is c1cn(C2CCCCC2)nc1COCC1CCCNC1. The number of aromatic nitrogens is 2. The molecular formula is C16H27N3O. The van der Waals surface area contributed by atoms with Gasteiger partial charge in [-0.2, -0.15) is 5.10 Å². The maximum atomic E-state index is 5.84. The van der Waals surface area contributed by atoms with Gasteiger partial charge >= 0.3 is 0 Å². The lowest BCUT2D eigenvalue weighted by Crippen LogP contribution is -2.32. The van der Waals surface area contributed by atoms with Crippen LogP contribution in [0.1, 0.15) is 56.7 Å². The van der Waals surface area contributed by atoms with Crippen molar-refractivity contribution in [3.8, 4) is 0 Å². The van der Waals surface area contributed by atoms with Crippen molar-refractivity contribution in [3.63, 3.8) is 0 Å². The molecule has 1 atom stereocenters. The summed E-state index contributed by atoms with van der Waals surface area (Å²) in [6.07, 6.45) is 11.4. The van der Waals surface area contributed by atoms with E-state index in [0.717, 1.165) is 18.8 Å². The second-order valence-corrected chi connectivity index (χ2v) is 6.31. The molecule has 1 aromatic rings. The summed E-state index contributed by atoms with van der Waals surface area (Å²) >= 11 is 0. The van der Waals surface area contributed by atoms with E-state index in [-0.39, 0.29) is 0 Å². The summed E-state index contributed by atoms with van der Waals surface area (Å²) in [6, 6.07) is 2.74. The van der Waals surface area contributed by atoms with Gasteiger partial charge in [-0.3, -0.25) is 4.68 Å². The van der Waals surface area contributed by atoms with E-state index in [1.165, 1.54) is 51.5 Å². The third-order valence-electron chi connectivity index (χ3n) is 4.61. The first-order chi connectivity index (χ1) is 9.92. The van der Waals surface area contributed by atoms with E-state index in [9.17, 15) is 0 Å². The molecule has 1 saturated carbocycles. The van der Waals surface area contributed by atoms with Gasteiger partial charge in [0.15, 0.2) is 0 Å². The summed E-state index contributed by atoms with van der Waals surface area (Å²) in [6.45, 7) is 3.80. The lowest BCUT2D eigenvalue weighted by atomic mass is 9.96. The third kappa shape index (κ3) is 3.83. The molecule has 1 aliphatic heterocycles. The van der Waals surface area contributed by atoms with Crippen LogP contribution in [0.3, 0.4) is 0 Å². The lowest BCUT2D eigenvalue weighted by Gasteiger charge is -2.22. The normalized spacial score (nSPS) is 24.9. The van der Waals surface area contributed by atoms with E-state index >= 15 is 0 Å². The number of hydrogen-bond acceptors (Lipinski definition) is 3. The molecule has 4 nitrogen and oxygen atoms in total. The minimum Gasteiger partial charge on any atom is -0.375 e. The summed E-state index contributed by atoms with van der Waals surface area (Å²) in [4.78, 5) is 0. The highest BCUT2D eigenvalue weighted by atomic mass is 16.5. The zero-order valence-electron chi connectivity index (χ0n) is 12.4. The molecule has 0 aromatic carbocycles. The Morgan fingerprint density at radius 3 is 2.90 bits per heavy atom. The summed E-state index contributed by atoms with van der Waals surface area (Å²) in [5.74, 6) is 0.684. The van der Waals surface area contributed by atoms with Gasteiger partial charge in [-0.05, 0) is 44.2 Å². The molecule has 0 amide bonds. The molecule has 2 aliphatic rings. The Bertz CT molecular complexity index is 392. The van der Waals surface area contributed by atoms with Crippen molar-refractivity contribution in [1.82, 2.24) is 15.1 Å². The summed E-state index contributed by atoms with van der Waals surface area (Å²) in [7, 11) is 0. The highest BCUT2D eigenvalue weighted by molar-refractivity contribution is 4.98. The van der Waals surface area contributed by atoms with Gasteiger partial charge in [0.1, 0.15) is 0 Å². The molecule has 2 heterocycles. The van der Waals surface area contributed by atoms with Gasteiger partial charge in [0.05, 0.1) is 24.9 Å². The molecule has 1 N–H and O–H groups in total. The first-order valence-corrected chi connectivity index (χ1v) is 8.24. The minimum atomic E-state index is 0.625.